The second kappa shape index (κ2) is 5.13. The highest BCUT2D eigenvalue weighted by Crippen LogP contribution is 2.28. The highest BCUT2D eigenvalue weighted by molar-refractivity contribution is 5.78. The maximum Gasteiger partial charge on any atom is 0.153 e. The molecule has 20 heavy (non-hydrogen) atoms. The Morgan fingerprint density at radius 2 is 2.20 bits per heavy atom. The van der Waals surface area contributed by atoms with Crippen LogP contribution < -0.4 is 0 Å². The summed E-state index contributed by atoms with van der Waals surface area (Å²) >= 11 is 0. The molecule has 0 fully saturated rings. The van der Waals surface area contributed by atoms with Gasteiger partial charge in [-0.1, -0.05) is 18.6 Å². The van der Waals surface area contributed by atoms with E-state index in [1.165, 1.54) is 5.56 Å². The number of furan rings is 1. The van der Waals surface area contributed by atoms with Gasteiger partial charge in [0.25, 0.3) is 0 Å². The van der Waals surface area contributed by atoms with Crippen LogP contribution in [0.15, 0.2) is 41.2 Å². The fourth-order valence-corrected chi connectivity index (χ4v) is 2.45. The Labute approximate surface area is 117 Å². The molecule has 0 saturated heterocycles. The van der Waals surface area contributed by atoms with Gasteiger partial charge in [0.15, 0.2) is 6.10 Å². The molecule has 2 heterocycles. The SMILES string of the molecule is CCCn1cncc1C(O)c1cc2cc(C)ccc2o1. The van der Waals surface area contributed by atoms with Crippen molar-refractivity contribution in [1.29, 1.82) is 0 Å². The summed E-state index contributed by atoms with van der Waals surface area (Å²) in [6.07, 6.45) is 3.65. The predicted molar refractivity (Wildman–Crippen MR) is 77.5 cm³/mol. The molecule has 0 spiro atoms. The lowest BCUT2D eigenvalue weighted by molar-refractivity contribution is 0.182. The Bertz CT molecular complexity index is 727. The third-order valence-electron chi connectivity index (χ3n) is 3.45. The monoisotopic (exact) mass is 270 g/mol. The summed E-state index contributed by atoms with van der Waals surface area (Å²) in [6.45, 7) is 4.98. The molecule has 0 bridgehead atoms. The van der Waals surface area contributed by atoms with Gasteiger partial charge in [0.1, 0.15) is 11.3 Å². The topological polar surface area (TPSA) is 51.2 Å². The third kappa shape index (κ3) is 2.23. The molecule has 0 aliphatic heterocycles. The van der Waals surface area contributed by atoms with Crippen molar-refractivity contribution < 1.29 is 9.52 Å². The summed E-state index contributed by atoms with van der Waals surface area (Å²) in [6, 6.07) is 7.89. The van der Waals surface area contributed by atoms with Gasteiger partial charge in [0.05, 0.1) is 18.2 Å². The largest absolute Gasteiger partial charge is 0.458 e. The van der Waals surface area contributed by atoms with Gasteiger partial charge in [0.2, 0.25) is 0 Å². The maximum atomic E-state index is 10.5. The Kier molecular flexibility index (Phi) is 3.32. The Morgan fingerprint density at radius 3 is 3.00 bits per heavy atom. The van der Waals surface area contributed by atoms with Gasteiger partial charge in [-0.2, -0.15) is 0 Å². The zero-order chi connectivity index (χ0) is 14.1. The van der Waals surface area contributed by atoms with Crippen LogP contribution >= 0.6 is 0 Å². The molecule has 0 amide bonds. The molecule has 1 atom stereocenters. The number of fused-ring (bicyclic) bond motifs is 1. The lowest BCUT2D eigenvalue weighted by atomic mass is 10.1. The van der Waals surface area contributed by atoms with Crippen LogP contribution in [0.4, 0.5) is 0 Å². The van der Waals surface area contributed by atoms with Crippen molar-refractivity contribution in [2.24, 2.45) is 0 Å². The molecule has 0 saturated carbocycles. The molecule has 1 unspecified atom stereocenters. The van der Waals surface area contributed by atoms with E-state index in [1.807, 2.05) is 29.7 Å². The van der Waals surface area contributed by atoms with Gasteiger partial charge >= 0.3 is 0 Å². The Balaban J connectivity index is 1.99. The van der Waals surface area contributed by atoms with E-state index in [0.29, 0.717) is 5.76 Å². The highest BCUT2D eigenvalue weighted by atomic mass is 16.4. The minimum absolute atomic E-state index is 0.559. The van der Waals surface area contributed by atoms with E-state index < -0.39 is 6.10 Å². The number of aromatic nitrogens is 2. The zero-order valence-electron chi connectivity index (χ0n) is 11.7. The average Bonchev–Trinajstić information content (AvgIpc) is 3.04. The van der Waals surface area contributed by atoms with Crippen LogP contribution in [-0.4, -0.2) is 14.7 Å². The first-order chi connectivity index (χ1) is 9.69. The van der Waals surface area contributed by atoms with Gasteiger partial charge in [-0.05, 0) is 31.5 Å². The van der Waals surface area contributed by atoms with Crippen molar-refractivity contribution in [2.45, 2.75) is 32.9 Å². The first-order valence-electron chi connectivity index (χ1n) is 6.87. The van der Waals surface area contributed by atoms with Crippen LogP contribution in [0.5, 0.6) is 0 Å². The van der Waals surface area contributed by atoms with Crippen LogP contribution in [0.1, 0.15) is 36.5 Å². The standard InChI is InChI=1S/C16H18N2O2/c1-3-6-18-10-17-9-13(18)16(19)15-8-12-7-11(2)4-5-14(12)20-15/h4-5,7-10,16,19H,3,6H2,1-2H3. The molecule has 1 N–H and O–H groups in total. The summed E-state index contributed by atoms with van der Waals surface area (Å²) in [5.41, 5.74) is 2.74. The molecule has 1 aromatic carbocycles. The van der Waals surface area contributed by atoms with E-state index in [-0.39, 0.29) is 0 Å². The quantitative estimate of drug-likeness (QED) is 0.790. The number of nitrogens with zero attached hydrogens (tertiary/aromatic N) is 2. The fourth-order valence-electron chi connectivity index (χ4n) is 2.45. The molecular formula is C16H18N2O2. The number of rotatable bonds is 4. The van der Waals surface area contributed by atoms with E-state index in [4.69, 9.17) is 4.42 Å². The Morgan fingerprint density at radius 1 is 1.35 bits per heavy atom. The molecule has 3 aromatic rings. The number of aliphatic hydroxyl groups is 1. The molecule has 0 aliphatic carbocycles. The third-order valence-corrected chi connectivity index (χ3v) is 3.45. The van der Waals surface area contributed by atoms with Crippen molar-refractivity contribution >= 4 is 11.0 Å². The first-order valence-corrected chi connectivity index (χ1v) is 6.87. The zero-order valence-corrected chi connectivity index (χ0v) is 11.7. The number of aryl methyl sites for hydroxylation is 2. The van der Waals surface area contributed by atoms with E-state index in [1.54, 1.807) is 12.5 Å². The molecule has 104 valence electrons. The summed E-state index contributed by atoms with van der Waals surface area (Å²) in [7, 11) is 0. The van der Waals surface area contributed by atoms with Crippen LogP contribution in [-0.2, 0) is 6.54 Å². The minimum Gasteiger partial charge on any atom is -0.458 e. The van der Waals surface area contributed by atoms with Crippen molar-refractivity contribution in [2.75, 3.05) is 0 Å². The number of hydrogen-bond donors (Lipinski definition) is 1. The number of imidazole rings is 1. The minimum atomic E-state index is -0.781. The maximum absolute atomic E-state index is 10.5. The molecule has 3 rings (SSSR count). The van der Waals surface area contributed by atoms with E-state index >= 15 is 0 Å². The molecular weight excluding hydrogens is 252 g/mol. The summed E-state index contributed by atoms with van der Waals surface area (Å²) < 4.78 is 7.71. The van der Waals surface area contributed by atoms with Crippen LogP contribution in [0.2, 0.25) is 0 Å². The Hall–Kier alpha value is -2.07. The molecule has 4 heteroatoms. The van der Waals surface area contributed by atoms with Gasteiger partial charge in [-0.15, -0.1) is 0 Å². The summed E-state index contributed by atoms with van der Waals surface area (Å²) in [5.74, 6) is 0.559. The van der Waals surface area contributed by atoms with Crippen LogP contribution in [0.25, 0.3) is 11.0 Å². The molecule has 4 nitrogen and oxygen atoms in total. The van der Waals surface area contributed by atoms with Gasteiger partial charge < -0.3 is 14.1 Å². The normalized spacial score (nSPS) is 12.9. The number of benzene rings is 1. The van der Waals surface area contributed by atoms with Crippen LogP contribution in [0.3, 0.4) is 0 Å². The summed E-state index contributed by atoms with van der Waals surface area (Å²) in [5, 5.41) is 11.5. The summed E-state index contributed by atoms with van der Waals surface area (Å²) in [4.78, 5) is 4.12. The molecule has 2 aromatic heterocycles. The van der Waals surface area contributed by atoms with E-state index in [0.717, 1.165) is 29.6 Å². The molecule has 0 aliphatic rings. The van der Waals surface area contributed by atoms with E-state index in [2.05, 4.69) is 18.0 Å². The lowest BCUT2D eigenvalue weighted by Gasteiger charge is -2.10. The van der Waals surface area contributed by atoms with Gasteiger partial charge in [0, 0.05) is 11.9 Å². The fraction of sp³-hybridized carbons (Fsp3) is 0.312. The molecule has 0 radical (unpaired) electrons. The second-order valence-corrected chi connectivity index (χ2v) is 5.10. The average molecular weight is 270 g/mol. The lowest BCUT2D eigenvalue weighted by Crippen LogP contribution is -2.07. The van der Waals surface area contributed by atoms with E-state index in [9.17, 15) is 5.11 Å². The van der Waals surface area contributed by atoms with Crippen molar-refractivity contribution in [1.82, 2.24) is 9.55 Å². The van der Waals surface area contributed by atoms with Crippen molar-refractivity contribution in [3.05, 3.63) is 53.8 Å². The number of hydrogen-bond acceptors (Lipinski definition) is 3. The number of aliphatic hydroxyl groups excluding tert-OH is 1. The van der Waals surface area contributed by atoms with Crippen molar-refractivity contribution in [3.8, 4) is 0 Å². The van der Waals surface area contributed by atoms with Crippen molar-refractivity contribution in [3.63, 3.8) is 0 Å². The smallest absolute Gasteiger partial charge is 0.153 e. The predicted octanol–water partition coefficient (Wildman–Crippen LogP) is 3.43. The van der Waals surface area contributed by atoms with Gasteiger partial charge in [-0.3, -0.25) is 0 Å². The van der Waals surface area contributed by atoms with Gasteiger partial charge in [-0.25, -0.2) is 4.98 Å². The van der Waals surface area contributed by atoms with Crippen LogP contribution in [0, 0.1) is 6.92 Å². The second-order valence-electron chi connectivity index (χ2n) is 5.10. The first kappa shape index (κ1) is 12.9. The highest BCUT2D eigenvalue weighted by Gasteiger charge is 2.19.